The maximum atomic E-state index is 15.1. The van der Waals surface area contributed by atoms with Crippen molar-refractivity contribution in [1.82, 2.24) is 19.7 Å². The van der Waals surface area contributed by atoms with E-state index >= 15 is 4.39 Å². The van der Waals surface area contributed by atoms with Crippen LogP contribution in [0.5, 0.6) is 5.75 Å². The Hall–Kier alpha value is -2.69. The highest BCUT2D eigenvalue weighted by molar-refractivity contribution is 5.85. The first kappa shape index (κ1) is 30.3. The number of rotatable bonds is 5. The van der Waals surface area contributed by atoms with Gasteiger partial charge in [0.2, 0.25) is 5.43 Å². The lowest BCUT2D eigenvalue weighted by Gasteiger charge is -2.41. The van der Waals surface area contributed by atoms with Crippen molar-refractivity contribution in [2.24, 2.45) is 0 Å². The first-order chi connectivity index (χ1) is 21.0. The predicted molar refractivity (Wildman–Crippen MR) is 167 cm³/mol. The van der Waals surface area contributed by atoms with Crippen LogP contribution in [0.15, 0.2) is 23.1 Å². The fourth-order valence-corrected chi connectivity index (χ4v) is 7.67. The number of pyridine rings is 1. The van der Waals surface area contributed by atoms with Gasteiger partial charge in [-0.1, -0.05) is 38.5 Å². The molecule has 10 heteroatoms. The predicted octanol–water partition coefficient (Wildman–Crippen LogP) is 5.21. The summed E-state index contributed by atoms with van der Waals surface area (Å²) in [4.78, 5) is 31.0. The standard InChI is InChI=1S/C23H28FN3O4.C10H20N2/c24-18-12-17-19(27(16-6-7-16)14-21(22(17)28)31-23(29)30)13-20(18)26-10-8-25(9-11-26)15-4-2-1-3-5-15;1-2-4-10(5-3-1)12-8-6-11-7-9-12/h12-16H,1-11H2,(H,29,30);10-11H,1-9H2. The summed E-state index contributed by atoms with van der Waals surface area (Å²) in [5.74, 6) is -0.731. The van der Waals surface area contributed by atoms with Crippen LogP contribution in [0.25, 0.3) is 10.9 Å². The van der Waals surface area contributed by atoms with Gasteiger partial charge in [-0.3, -0.25) is 14.6 Å². The number of carbonyl (C=O) groups is 1. The summed E-state index contributed by atoms with van der Waals surface area (Å²) < 4.78 is 21.7. The molecule has 9 nitrogen and oxygen atoms in total. The average molecular weight is 598 g/mol. The highest BCUT2D eigenvalue weighted by Gasteiger charge is 2.30. The molecule has 2 N–H and O–H groups in total. The van der Waals surface area contributed by atoms with Crippen LogP contribution in [0.2, 0.25) is 0 Å². The van der Waals surface area contributed by atoms with Crippen molar-refractivity contribution in [1.29, 1.82) is 0 Å². The molecular formula is C33H48FN5O4. The highest BCUT2D eigenvalue weighted by atomic mass is 19.1. The molecule has 0 amide bonds. The fourth-order valence-electron chi connectivity index (χ4n) is 7.67. The molecule has 0 bridgehead atoms. The Morgan fingerprint density at radius 3 is 1.93 bits per heavy atom. The van der Waals surface area contributed by atoms with Crippen LogP contribution in [0, 0.1) is 5.82 Å². The summed E-state index contributed by atoms with van der Waals surface area (Å²) in [6.07, 6.45) is 15.6. The third-order valence-electron chi connectivity index (χ3n) is 10.2. The Morgan fingerprint density at radius 2 is 1.37 bits per heavy atom. The van der Waals surface area contributed by atoms with Crippen LogP contribution in [-0.4, -0.2) is 90.1 Å². The highest BCUT2D eigenvalue weighted by Crippen LogP contribution is 2.39. The lowest BCUT2D eigenvalue weighted by Crippen LogP contribution is -2.51. The lowest BCUT2D eigenvalue weighted by atomic mass is 9.94. The van der Waals surface area contributed by atoms with Gasteiger partial charge in [-0.25, -0.2) is 9.18 Å². The molecule has 5 aliphatic rings. The second-order valence-corrected chi connectivity index (χ2v) is 13.0. The third-order valence-corrected chi connectivity index (χ3v) is 10.2. The molecule has 0 radical (unpaired) electrons. The maximum absolute atomic E-state index is 15.1. The Labute approximate surface area is 254 Å². The summed E-state index contributed by atoms with van der Waals surface area (Å²) in [5, 5.41) is 12.5. The van der Waals surface area contributed by atoms with Crippen molar-refractivity contribution in [3.05, 3.63) is 34.4 Å². The monoisotopic (exact) mass is 597 g/mol. The first-order valence-electron chi connectivity index (χ1n) is 16.7. The number of nitrogens with one attached hydrogen (secondary N) is 1. The van der Waals surface area contributed by atoms with Crippen molar-refractivity contribution in [2.75, 3.05) is 57.3 Å². The number of benzene rings is 1. The number of halogens is 1. The molecule has 5 fully saturated rings. The quantitative estimate of drug-likeness (QED) is 0.454. The van der Waals surface area contributed by atoms with E-state index in [1.54, 1.807) is 6.07 Å². The van der Waals surface area contributed by atoms with E-state index in [2.05, 4.69) is 24.8 Å². The van der Waals surface area contributed by atoms with E-state index in [9.17, 15) is 9.59 Å². The van der Waals surface area contributed by atoms with Crippen molar-refractivity contribution < 1.29 is 19.0 Å². The number of anilines is 1. The molecule has 3 heterocycles. The van der Waals surface area contributed by atoms with Crippen LogP contribution in [0.4, 0.5) is 14.9 Å². The number of fused-ring (bicyclic) bond motifs is 1. The Morgan fingerprint density at radius 1 is 0.791 bits per heavy atom. The molecule has 43 heavy (non-hydrogen) atoms. The van der Waals surface area contributed by atoms with Gasteiger partial charge in [0.1, 0.15) is 5.82 Å². The Balaban J connectivity index is 0.000000229. The first-order valence-corrected chi connectivity index (χ1v) is 16.7. The number of carboxylic acid groups (broad SMARTS) is 1. The number of hydrogen-bond acceptors (Lipinski definition) is 7. The van der Waals surface area contributed by atoms with Crippen molar-refractivity contribution >= 4 is 22.7 Å². The number of nitrogens with zero attached hydrogens (tertiary/aromatic N) is 4. The topological polar surface area (TPSA) is 90.3 Å². The second kappa shape index (κ2) is 13.9. The molecule has 0 atom stereocenters. The minimum absolute atomic E-state index is 0.160. The van der Waals surface area contributed by atoms with Crippen LogP contribution in [0.1, 0.15) is 83.1 Å². The number of aromatic nitrogens is 1. The summed E-state index contributed by atoms with van der Waals surface area (Å²) in [6.45, 7) is 8.33. The summed E-state index contributed by atoms with van der Waals surface area (Å²) in [5.41, 5.74) is 0.551. The lowest BCUT2D eigenvalue weighted by molar-refractivity contribution is 0.139. The molecule has 2 saturated heterocycles. The normalized spacial score (nSPS) is 23.1. The van der Waals surface area contributed by atoms with E-state index < -0.39 is 17.4 Å². The van der Waals surface area contributed by atoms with Gasteiger partial charge in [0.15, 0.2) is 5.75 Å². The van der Waals surface area contributed by atoms with Gasteiger partial charge in [-0.15, -0.1) is 0 Å². The van der Waals surface area contributed by atoms with E-state index in [-0.39, 0.29) is 17.2 Å². The van der Waals surface area contributed by atoms with E-state index in [4.69, 9.17) is 5.11 Å². The molecule has 3 aliphatic carbocycles. The number of piperazine rings is 2. The van der Waals surface area contributed by atoms with Gasteiger partial charge < -0.3 is 24.6 Å². The zero-order valence-electron chi connectivity index (χ0n) is 25.4. The summed E-state index contributed by atoms with van der Waals surface area (Å²) >= 11 is 0. The van der Waals surface area contributed by atoms with Crippen molar-refractivity contribution in [3.8, 4) is 5.75 Å². The molecule has 1 aromatic carbocycles. The van der Waals surface area contributed by atoms with E-state index in [0.717, 1.165) is 45.1 Å². The minimum atomic E-state index is -1.55. The summed E-state index contributed by atoms with van der Waals surface area (Å²) in [6, 6.07) is 4.77. The second-order valence-electron chi connectivity index (χ2n) is 13.0. The molecular weight excluding hydrogens is 549 g/mol. The molecule has 0 spiro atoms. The Kier molecular flexibility index (Phi) is 9.84. The zero-order chi connectivity index (χ0) is 29.8. The van der Waals surface area contributed by atoms with E-state index in [1.807, 2.05) is 4.57 Å². The third kappa shape index (κ3) is 7.35. The SMILES string of the molecule is C1CCC(N2CCNCC2)CC1.O=C(O)Oc1cn(C2CC2)c2cc(N3CCN(C4CCCCC4)CC3)c(F)cc2c1=O. The number of hydrogen-bond donors (Lipinski definition) is 2. The largest absolute Gasteiger partial charge is 0.511 e. The fraction of sp³-hybridized carbons (Fsp3) is 0.697. The van der Waals surface area contributed by atoms with Gasteiger partial charge in [0.05, 0.1) is 22.8 Å². The molecule has 7 rings (SSSR count). The zero-order valence-corrected chi connectivity index (χ0v) is 25.4. The van der Waals surface area contributed by atoms with Crippen LogP contribution in [-0.2, 0) is 0 Å². The van der Waals surface area contributed by atoms with Gasteiger partial charge >= 0.3 is 6.16 Å². The van der Waals surface area contributed by atoms with E-state index in [1.165, 1.54) is 103 Å². The Bertz CT molecular complexity index is 1290. The van der Waals surface area contributed by atoms with Crippen LogP contribution >= 0.6 is 0 Å². The molecule has 1 aromatic heterocycles. The van der Waals surface area contributed by atoms with Gasteiger partial charge in [-0.2, -0.15) is 0 Å². The maximum Gasteiger partial charge on any atom is 0.511 e. The van der Waals surface area contributed by atoms with Crippen LogP contribution < -0.4 is 20.4 Å². The molecule has 236 valence electrons. The van der Waals surface area contributed by atoms with Gasteiger partial charge in [0.25, 0.3) is 0 Å². The summed E-state index contributed by atoms with van der Waals surface area (Å²) in [7, 11) is 0. The van der Waals surface area contributed by atoms with Crippen LogP contribution in [0.3, 0.4) is 0 Å². The van der Waals surface area contributed by atoms with Gasteiger partial charge in [-0.05, 0) is 50.7 Å². The minimum Gasteiger partial charge on any atom is -0.449 e. The smallest absolute Gasteiger partial charge is 0.449 e. The molecule has 3 saturated carbocycles. The van der Waals surface area contributed by atoms with Crippen molar-refractivity contribution in [2.45, 2.75) is 95.2 Å². The van der Waals surface area contributed by atoms with Crippen molar-refractivity contribution in [3.63, 3.8) is 0 Å². The number of ether oxygens (including phenoxy) is 1. The average Bonchev–Trinajstić information content (AvgIpc) is 3.90. The molecule has 0 unspecified atom stereocenters. The molecule has 2 aliphatic heterocycles. The van der Waals surface area contributed by atoms with Gasteiger partial charge in [0, 0.05) is 70.5 Å². The molecule has 2 aromatic rings. The van der Waals surface area contributed by atoms with E-state index in [0.29, 0.717) is 17.2 Å².